The first-order chi connectivity index (χ1) is 6.56. The monoisotopic (exact) mass is 198 g/mol. The lowest BCUT2D eigenvalue weighted by Crippen LogP contribution is -2.22. The van der Waals surface area contributed by atoms with Crippen molar-refractivity contribution in [1.29, 1.82) is 0 Å². The van der Waals surface area contributed by atoms with Gasteiger partial charge in [-0.15, -0.1) is 0 Å². The lowest BCUT2D eigenvalue weighted by atomic mass is 10.1. The normalized spacial score (nSPS) is 13.1. The second-order valence-corrected chi connectivity index (χ2v) is 3.39. The summed E-state index contributed by atoms with van der Waals surface area (Å²) in [7, 11) is 1.79. The molecule has 0 radical (unpaired) electrons. The van der Waals surface area contributed by atoms with Crippen LogP contribution in [0.2, 0.25) is 0 Å². The maximum Gasteiger partial charge on any atom is 0.357 e. The van der Waals surface area contributed by atoms with E-state index < -0.39 is 5.97 Å². The van der Waals surface area contributed by atoms with E-state index in [1.54, 1.807) is 7.05 Å². The van der Waals surface area contributed by atoms with Crippen LogP contribution in [0.25, 0.3) is 0 Å². The molecule has 0 amide bonds. The Labute approximate surface area is 82.1 Å². The van der Waals surface area contributed by atoms with Crippen LogP contribution in [0.5, 0.6) is 0 Å². The number of aromatic nitrogens is 1. The fraction of sp³-hybridized carbons (Fsp3) is 0.556. The van der Waals surface area contributed by atoms with E-state index in [1.807, 2.05) is 13.8 Å². The highest BCUT2D eigenvalue weighted by Gasteiger charge is 2.20. The van der Waals surface area contributed by atoms with E-state index in [2.05, 4.69) is 10.3 Å². The van der Waals surface area contributed by atoms with Crippen LogP contribution in [0, 0.1) is 5.92 Å². The summed E-state index contributed by atoms with van der Waals surface area (Å²) in [5.74, 6) is -0.362. The van der Waals surface area contributed by atoms with Gasteiger partial charge in [0.1, 0.15) is 6.26 Å². The molecule has 0 aliphatic carbocycles. The van der Waals surface area contributed by atoms with Gasteiger partial charge in [0.2, 0.25) is 5.89 Å². The SMILES string of the molecule is CNC(c1nc(C(=O)O)co1)C(C)C. The van der Waals surface area contributed by atoms with E-state index in [0.29, 0.717) is 11.8 Å². The number of carboxylic acids is 1. The van der Waals surface area contributed by atoms with Crippen molar-refractivity contribution in [2.75, 3.05) is 7.05 Å². The number of nitrogens with zero attached hydrogens (tertiary/aromatic N) is 1. The summed E-state index contributed by atoms with van der Waals surface area (Å²) in [4.78, 5) is 14.4. The van der Waals surface area contributed by atoms with E-state index in [-0.39, 0.29) is 11.7 Å². The summed E-state index contributed by atoms with van der Waals surface area (Å²) in [5.41, 5.74) is -0.0547. The van der Waals surface area contributed by atoms with Crippen molar-refractivity contribution in [3.05, 3.63) is 17.8 Å². The molecule has 14 heavy (non-hydrogen) atoms. The minimum absolute atomic E-state index is 0.0527. The van der Waals surface area contributed by atoms with Crippen LogP contribution in [0.3, 0.4) is 0 Å². The predicted octanol–water partition coefficient (Wildman–Crippen LogP) is 1.29. The van der Waals surface area contributed by atoms with Crippen molar-refractivity contribution in [2.24, 2.45) is 5.92 Å². The maximum absolute atomic E-state index is 10.6. The zero-order valence-corrected chi connectivity index (χ0v) is 8.44. The molecule has 0 aliphatic heterocycles. The van der Waals surface area contributed by atoms with Crippen LogP contribution < -0.4 is 5.32 Å². The van der Waals surface area contributed by atoms with Gasteiger partial charge in [-0.3, -0.25) is 0 Å². The van der Waals surface area contributed by atoms with E-state index in [4.69, 9.17) is 9.52 Å². The average Bonchev–Trinajstić information content (AvgIpc) is 2.53. The summed E-state index contributed by atoms with van der Waals surface area (Å²) in [6, 6.07) is -0.0527. The molecule has 2 N–H and O–H groups in total. The molecule has 1 rings (SSSR count). The van der Waals surface area contributed by atoms with Crippen LogP contribution in [0.15, 0.2) is 10.7 Å². The molecular weight excluding hydrogens is 184 g/mol. The van der Waals surface area contributed by atoms with Gasteiger partial charge in [-0.1, -0.05) is 13.8 Å². The molecule has 1 atom stereocenters. The number of aromatic carboxylic acids is 1. The van der Waals surface area contributed by atoms with Crippen molar-refractivity contribution >= 4 is 5.97 Å². The van der Waals surface area contributed by atoms with Gasteiger partial charge in [0.15, 0.2) is 5.69 Å². The second kappa shape index (κ2) is 4.23. The third-order valence-corrected chi connectivity index (χ3v) is 1.98. The van der Waals surface area contributed by atoms with Gasteiger partial charge in [0.25, 0.3) is 0 Å². The first-order valence-electron chi connectivity index (χ1n) is 4.42. The number of rotatable bonds is 4. The highest BCUT2D eigenvalue weighted by Crippen LogP contribution is 2.20. The molecule has 0 spiro atoms. The quantitative estimate of drug-likeness (QED) is 0.762. The maximum atomic E-state index is 10.6. The number of oxazole rings is 1. The van der Waals surface area contributed by atoms with Gasteiger partial charge in [-0.2, -0.15) is 0 Å². The first kappa shape index (κ1) is 10.7. The van der Waals surface area contributed by atoms with Gasteiger partial charge >= 0.3 is 5.97 Å². The largest absolute Gasteiger partial charge is 0.476 e. The third-order valence-electron chi connectivity index (χ3n) is 1.98. The molecule has 78 valence electrons. The Morgan fingerprint density at radius 2 is 2.29 bits per heavy atom. The Kier molecular flexibility index (Phi) is 3.24. The molecule has 1 aromatic heterocycles. The van der Waals surface area contributed by atoms with Gasteiger partial charge in [0, 0.05) is 0 Å². The molecule has 0 saturated heterocycles. The Morgan fingerprint density at radius 1 is 1.64 bits per heavy atom. The van der Waals surface area contributed by atoms with Crippen molar-refractivity contribution < 1.29 is 14.3 Å². The zero-order valence-electron chi connectivity index (χ0n) is 8.44. The Morgan fingerprint density at radius 3 is 2.64 bits per heavy atom. The fourth-order valence-corrected chi connectivity index (χ4v) is 1.27. The van der Waals surface area contributed by atoms with Crippen LogP contribution in [-0.4, -0.2) is 23.1 Å². The Balaban J connectivity index is 2.89. The predicted molar refractivity (Wildman–Crippen MR) is 50.1 cm³/mol. The standard InChI is InChI=1S/C9H14N2O3/c1-5(2)7(10-3)8-11-6(4-14-8)9(12)13/h4-5,7,10H,1-3H3,(H,12,13). The van der Waals surface area contributed by atoms with Crippen molar-refractivity contribution in [3.8, 4) is 0 Å². The topological polar surface area (TPSA) is 75.4 Å². The lowest BCUT2D eigenvalue weighted by molar-refractivity contribution is 0.0690. The van der Waals surface area contributed by atoms with Crippen molar-refractivity contribution in [1.82, 2.24) is 10.3 Å². The molecule has 5 nitrogen and oxygen atoms in total. The molecule has 0 fully saturated rings. The summed E-state index contributed by atoms with van der Waals surface area (Å²) in [6.07, 6.45) is 1.16. The lowest BCUT2D eigenvalue weighted by Gasteiger charge is -2.15. The molecule has 0 aromatic carbocycles. The summed E-state index contributed by atoms with van der Waals surface area (Å²) < 4.78 is 5.09. The van der Waals surface area contributed by atoms with Crippen LogP contribution in [0.1, 0.15) is 36.3 Å². The van der Waals surface area contributed by atoms with E-state index >= 15 is 0 Å². The number of hydrogen-bond donors (Lipinski definition) is 2. The van der Waals surface area contributed by atoms with E-state index in [0.717, 1.165) is 6.26 Å². The molecule has 1 unspecified atom stereocenters. The summed E-state index contributed by atoms with van der Waals surface area (Å²) in [5, 5.41) is 11.7. The number of hydrogen-bond acceptors (Lipinski definition) is 4. The van der Waals surface area contributed by atoms with Crippen molar-refractivity contribution in [2.45, 2.75) is 19.9 Å². The Hall–Kier alpha value is -1.36. The molecule has 0 aliphatic rings. The van der Waals surface area contributed by atoms with Gasteiger partial charge < -0.3 is 14.8 Å². The minimum Gasteiger partial charge on any atom is -0.476 e. The zero-order chi connectivity index (χ0) is 10.7. The van der Waals surface area contributed by atoms with Crippen LogP contribution in [-0.2, 0) is 0 Å². The van der Waals surface area contributed by atoms with Gasteiger partial charge in [-0.25, -0.2) is 9.78 Å². The molecule has 1 aromatic rings. The number of carboxylic acid groups (broad SMARTS) is 1. The molecular formula is C9H14N2O3. The smallest absolute Gasteiger partial charge is 0.357 e. The van der Waals surface area contributed by atoms with Crippen LogP contribution >= 0.6 is 0 Å². The highest BCUT2D eigenvalue weighted by atomic mass is 16.4. The summed E-state index contributed by atoms with van der Waals surface area (Å²) >= 11 is 0. The van der Waals surface area contributed by atoms with Gasteiger partial charge in [0.05, 0.1) is 6.04 Å². The summed E-state index contributed by atoms with van der Waals surface area (Å²) in [6.45, 7) is 4.01. The van der Waals surface area contributed by atoms with Gasteiger partial charge in [-0.05, 0) is 13.0 Å². The Bertz CT molecular complexity index is 320. The van der Waals surface area contributed by atoms with Crippen molar-refractivity contribution in [3.63, 3.8) is 0 Å². The highest BCUT2D eigenvalue weighted by molar-refractivity contribution is 5.84. The molecule has 0 saturated carbocycles. The third kappa shape index (κ3) is 2.11. The second-order valence-electron chi connectivity index (χ2n) is 3.39. The van der Waals surface area contributed by atoms with E-state index in [9.17, 15) is 4.79 Å². The first-order valence-corrected chi connectivity index (χ1v) is 4.42. The van der Waals surface area contributed by atoms with E-state index in [1.165, 1.54) is 0 Å². The number of carbonyl (C=O) groups is 1. The molecule has 0 bridgehead atoms. The van der Waals surface area contributed by atoms with Crippen LogP contribution in [0.4, 0.5) is 0 Å². The fourth-order valence-electron chi connectivity index (χ4n) is 1.27. The number of nitrogens with one attached hydrogen (secondary N) is 1. The molecule has 5 heteroatoms. The minimum atomic E-state index is -1.07. The molecule has 1 heterocycles. The average molecular weight is 198 g/mol.